The van der Waals surface area contributed by atoms with E-state index in [9.17, 15) is 17.6 Å². The second-order valence-electron chi connectivity index (χ2n) is 7.17. The maximum atomic E-state index is 13.4. The van der Waals surface area contributed by atoms with Crippen LogP contribution >= 0.6 is 0 Å². The lowest BCUT2D eigenvalue weighted by atomic mass is 10.1. The van der Waals surface area contributed by atoms with Gasteiger partial charge in [0, 0.05) is 41.9 Å². The van der Waals surface area contributed by atoms with Gasteiger partial charge in [0.25, 0.3) is 5.56 Å². The smallest absolute Gasteiger partial charge is 0.252 e. The molecular weight excluding hydrogens is 433 g/mol. The minimum Gasteiger partial charge on any atom is -0.497 e. The summed E-state index contributed by atoms with van der Waals surface area (Å²) < 4.78 is 46.5. The van der Waals surface area contributed by atoms with E-state index in [0.29, 0.717) is 22.2 Å². The van der Waals surface area contributed by atoms with Crippen molar-refractivity contribution in [1.29, 1.82) is 0 Å². The van der Waals surface area contributed by atoms with Crippen molar-refractivity contribution in [3.8, 4) is 5.75 Å². The highest BCUT2D eigenvalue weighted by molar-refractivity contribution is 7.89. The van der Waals surface area contributed by atoms with Crippen LogP contribution in [-0.2, 0) is 23.1 Å². The van der Waals surface area contributed by atoms with Crippen molar-refractivity contribution in [2.24, 2.45) is 0 Å². The topological polar surface area (TPSA) is 92.4 Å². The molecule has 1 N–H and O–H groups in total. The number of pyridine rings is 2. The number of aromatic nitrogens is 2. The average Bonchev–Trinajstić information content (AvgIpc) is 2.79. The van der Waals surface area contributed by atoms with E-state index >= 15 is 0 Å². The van der Waals surface area contributed by atoms with Gasteiger partial charge in [-0.1, -0.05) is 6.07 Å². The first kappa shape index (κ1) is 21.7. The molecule has 9 heteroatoms. The average molecular weight is 453 g/mol. The maximum Gasteiger partial charge on any atom is 0.252 e. The van der Waals surface area contributed by atoms with Crippen LogP contribution in [-0.4, -0.2) is 29.8 Å². The van der Waals surface area contributed by atoms with E-state index in [1.54, 1.807) is 55.9 Å². The molecule has 4 rings (SSSR count). The second-order valence-corrected chi connectivity index (χ2v) is 9.10. The van der Waals surface area contributed by atoms with Gasteiger partial charge in [-0.25, -0.2) is 12.8 Å². The summed E-state index contributed by atoms with van der Waals surface area (Å²) in [5.41, 5.74) is 1.13. The first-order valence-corrected chi connectivity index (χ1v) is 11.2. The molecule has 0 saturated heterocycles. The molecular formula is C23H20FN3O4S. The van der Waals surface area contributed by atoms with Crippen LogP contribution in [0, 0.1) is 5.82 Å². The van der Waals surface area contributed by atoms with Crippen molar-refractivity contribution in [2.75, 3.05) is 7.11 Å². The minimum absolute atomic E-state index is 0.0108. The fraction of sp³-hybridized carbons (Fsp3) is 0.130. The first-order valence-electron chi connectivity index (χ1n) is 9.71. The van der Waals surface area contributed by atoms with Crippen molar-refractivity contribution in [3.63, 3.8) is 0 Å². The first-order chi connectivity index (χ1) is 15.4. The summed E-state index contributed by atoms with van der Waals surface area (Å²) in [5, 5.41) is 0.708. The van der Waals surface area contributed by atoms with Gasteiger partial charge in [0.1, 0.15) is 11.6 Å². The third-order valence-electron chi connectivity index (χ3n) is 5.01. The number of hydrogen-bond acceptors (Lipinski definition) is 5. The van der Waals surface area contributed by atoms with E-state index in [1.807, 2.05) is 0 Å². The Balaban J connectivity index is 1.77. The minimum atomic E-state index is -4.04. The fourth-order valence-corrected chi connectivity index (χ4v) is 4.75. The number of aromatic amines is 1. The Morgan fingerprint density at radius 2 is 1.84 bits per heavy atom. The molecule has 2 aromatic carbocycles. The van der Waals surface area contributed by atoms with Gasteiger partial charge in [-0.2, -0.15) is 4.31 Å². The lowest BCUT2D eigenvalue weighted by Gasteiger charge is -2.22. The molecule has 0 fully saturated rings. The molecule has 0 bridgehead atoms. The van der Waals surface area contributed by atoms with Crippen molar-refractivity contribution in [3.05, 3.63) is 100 Å². The molecule has 0 aliphatic rings. The van der Waals surface area contributed by atoms with Crippen molar-refractivity contribution >= 4 is 20.9 Å². The molecule has 32 heavy (non-hydrogen) atoms. The Kier molecular flexibility index (Phi) is 6.02. The van der Waals surface area contributed by atoms with Crippen molar-refractivity contribution in [2.45, 2.75) is 18.0 Å². The summed E-state index contributed by atoms with van der Waals surface area (Å²) in [5.74, 6) is 0.0735. The van der Waals surface area contributed by atoms with Crippen LogP contribution in [0.3, 0.4) is 0 Å². The van der Waals surface area contributed by atoms with Gasteiger partial charge in [0.15, 0.2) is 0 Å². The van der Waals surface area contributed by atoms with E-state index in [-0.39, 0.29) is 23.5 Å². The number of sulfonamides is 1. The normalized spacial score (nSPS) is 11.7. The highest BCUT2D eigenvalue weighted by atomic mass is 32.2. The summed E-state index contributed by atoms with van der Waals surface area (Å²) in [7, 11) is -2.50. The van der Waals surface area contributed by atoms with Crippen LogP contribution in [0.5, 0.6) is 5.75 Å². The van der Waals surface area contributed by atoms with E-state index in [1.165, 1.54) is 16.4 Å². The van der Waals surface area contributed by atoms with Crippen LogP contribution in [0.25, 0.3) is 10.9 Å². The third kappa shape index (κ3) is 4.53. The van der Waals surface area contributed by atoms with E-state index in [0.717, 1.165) is 12.1 Å². The van der Waals surface area contributed by atoms with Crippen LogP contribution < -0.4 is 10.3 Å². The monoisotopic (exact) mass is 453 g/mol. The zero-order valence-electron chi connectivity index (χ0n) is 17.2. The van der Waals surface area contributed by atoms with E-state index in [4.69, 9.17) is 4.74 Å². The predicted octanol–water partition coefficient (Wildman–Crippen LogP) is 3.46. The predicted molar refractivity (Wildman–Crippen MR) is 118 cm³/mol. The van der Waals surface area contributed by atoms with Crippen molar-refractivity contribution < 1.29 is 17.5 Å². The molecule has 7 nitrogen and oxygen atoms in total. The standard InChI is InChI=1S/C23H20FN3O4S/c1-31-20-6-9-22-17(12-20)11-18(23(28)26-22)15-27(14-16-3-2-10-25-13-16)32(29,30)21-7-4-19(24)5-8-21/h2-13H,14-15H2,1H3,(H,26,28). The number of hydrogen-bond donors (Lipinski definition) is 1. The Hall–Kier alpha value is -3.56. The second kappa shape index (κ2) is 8.89. The molecule has 2 aromatic heterocycles. The molecule has 0 atom stereocenters. The molecule has 2 heterocycles. The Morgan fingerprint density at radius 3 is 2.53 bits per heavy atom. The van der Waals surface area contributed by atoms with Crippen LogP contribution in [0.2, 0.25) is 0 Å². The van der Waals surface area contributed by atoms with E-state index in [2.05, 4.69) is 9.97 Å². The summed E-state index contributed by atoms with van der Waals surface area (Å²) in [6.07, 6.45) is 3.15. The Labute approximate surface area is 184 Å². The maximum absolute atomic E-state index is 13.4. The SMILES string of the molecule is COc1ccc2[nH]c(=O)c(CN(Cc3cccnc3)S(=O)(=O)c3ccc(F)cc3)cc2c1. The van der Waals surface area contributed by atoms with Crippen LogP contribution in [0.1, 0.15) is 11.1 Å². The lowest BCUT2D eigenvalue weighted by molar-refractivity contribution is 0.399. The zero-order valence-corrected chi connectivity index (χ0v) is 18.0. The number of nitrogens with one attached hydrogen (secondary N) is 1. The number of nitrogens with zero attached hydrogens (tertiary/aromatic N) is 2. The number of H-pyrrole nitrogens is 1. The number of methoxy groups -OCH3 is 1. The van der Waals surface area contributed by atoms with Gasteiger partial charge in [0.2, 0.25) is 10.0 Å². The summed E-state index contributed by atoms with van der Waals surface area (Å²) in [6.45, 7) is -0.194. The number of benzene rings is 2. The van der Waals surface area contributed by atoms with Gasteiger partial charge >= 0.3 is 0 Å². The summed E-state index contributed by atoms with van der Waals surface area (Å²) in [6, 6.07) is 14.9. The van der Waals surface area contributed by atoms with Crippen LogP contribution in [0.15, 0.2) is 82.7 Å². The molecule has 0 aliphatic carbocycles. The molecule has 4 aromatic rings. The van der Waals surface area contributed by atoms with Gasteiger partial charge in [-0.05, 0) is 60.2 Å². The quantitative estimate of drug-likeness (QED) is 0.463. The third-order valence-corrected chi connectivity index (χ3v) is 6.81. The molecule has 0 saturated carbocycles. The fourth-order valence-electron chi connectivity index (χ4n) is 3.34. The van der Waals surface area contributed by atoms with Crippen molar-refractivity contribution in [1.82, 2.24) is 14.3 Å². The van der Waals surface area contributed by atoms with E-state index < -0.39 is 21.4 Å². The number of fused-ring (bicyclic) bond motifs is 1. The number of halogens is 1. The summed E-state index contributed by atoms with van der Waals surface area (Å²) >= 11 is 0. The largest absolute Gasteiger partial charge is 0.497 e. The highest BCUT2D eigenvalue weighted by Gasteiger charge is 2.26. The molecule has 0 unspecified atom stereocenters. The van der Waals surface area contributed by atoms with Gasteiger partial charge in [0.05, 0.1) is 12.0 Å². The van der Waals surface area contributed by atoms with Gasteiger partial charge in [-0.3, -0.25) is 9.78 Å². The molecule has 0 amide bonds. The van der Waals surface area contributed by atoms with Crippen LogP contribution in [0.4, 0.5) is 4.39 Å². The Morgan fingerprint density at radius 1 is 1.06 bits per heavy atom. The molecule has 0 aliphatic heterocycles. The zero-order chi connectivity index (χ0) is 22.7. The highest BCUT2D eigenvalue weighted by Crippen LogP contribution is 2.23. The lowest BCUT2D eigenvalue weighted by Crippen LogP contribution is -2.32. The number of rotatable bonds is 7. The van der Waals surface area contributed by atoms with Gasteiger partial charge < -0.3 is 9.72 Å². The molecule has 164 valence electrons. The molecule has 0 spiro atoms. The number of ether oxygens (including phenoxy) is 1. The Bertz CT molecular complexity index is 1410. The summed E-state index contributed by atoms with van der Waals surface area (Å²) in [4.78, 5) is 19.5. The molecule has 0 radical (unpaired) electrons. The van der Waals surface area contributed by atoms with Gasteiger partial charge in [-0.15, -0.1) is 0 Å².